The van der Waals surface area contributed by atoms with Crippen LogP contribution in [-0.2, 0) is 4.79 Å². The van der Waals surface area contributed by atoms with Crippen molar-refractivity contribution in [3.63, 3.8) is 0 Å². The highest BCUT2D eigenvalue weighted by molar-refractivity contribution is 9.10. The summed E-state index contributed by atoms with van der Waals surface area (Å²) in [5.74, 6) is -0.486. The van der Waals surface area contributed by atoms with Crippen LogP contribution in [0.1, 0.15) is 26.7 Å². The van der Waals surface area contributed by atoms with Crippen molar-refractivity contribution in [2.45, 2.75) is 32.7 Å². The molecule has 0 bridgehead atoms. The molecule has 1 aliphatic heterocycles. The maximum absolute atomic E-state index is 13.4. The third-order valence-corrected chi connectivity index (χ3v) is 4.22. The minimum Gasteiger partial charge on any atom is -0.325 e. The summed E-state index contributed by atoms with van der Waals surface area (Å²) in [6.07, 6.45) is 2.08. The van der Waals surface area contributed by atoms with E-state index in [-0.39, 0.29) is 23.2 Å². The number of nitrogens with one attached hydrogen (secondary N) is 2. The summed E-state index contributed by atoms with van der Waals surface area (Å²) < 4.78 is 13.8. The Hall–Kier alpha value is -0.940. The summed E-state index contributed by atoms with van der Waals surface area (Å²) >= 11 is 3.09. The number of carbonyl (C=O) groups is 1. The number of benzene rings is 1. The quantitative estimate of drug-likeness (QED) is 0.874. The number of rotatable bonds is 2. The van der Waals surface area contributed by atoms with Crippen LogP contribution in [0.3, 0.4) is 0 Å². The van der Waals surface area contributed by atoms with Gasteiger partial charge in [-0.1, -0.05) is 13.8 Å². The first-order valence-electron chi connectivity index (χ1n) is 6.39. The largest absolute Gasteiger partial charge is 0.325 e. The van der Waals surface area contributed by atoms with Gasteiger partial charge in [0.25, 0.3) is 0 Å². The summed E-state index contributed by atoms with van der Waals surface area (Å²) in [5, 5.41) is 6.01. The number of hydrogen-bond acceptors (Lipinski definition) is 2. The van der Waals surface area contributed by atoms with E-state index in [4.69, 9.17) is 0 Å². The van der Waals surface area contributed by atoms with E-state index in [2.05, 4.69) is 40.4 Å². The van der Waals surface area contributed by atoms with Gasteiger partial charge in [-0.15, -0.1) is 0 Å². The molecule has 5 heteroatoms. The number of carbonyl (C=O) groups excluding carboxylic acids is 1. The van der Waals surface area contributed by atoms with Crippen LogP contribution >= 0.6 is 15.9 Å². The Kier molecular flexibility index (Phi) is 4.26. The molecule has 19 heavy (non-hydrogen) atoms. The van der Waals surface area contributed by atoms with Gasteiger partial charge in [-0.2, -0.15) is 0 Å². The zero-order valence-corrected chi connectivity index (χ0v) is 12.7. The third-order valence-electron chi connectivity index (χ3n) is 3.58. The Morgan fingerprint density at radius 2 is 2.26 bits per heavy atom. The normalized spacial score (nSPS) is 22.0. The van der Waals surface area contributed by atoms with E-state index in [9.17, 15) is 9.18 Å². The van der Waals surface area contributed by atoms with Gasteiger partial charge in [-0.05, 0) is 58.9 Å². The van der Waals surface area contributed by atoms with E-state index in [0.29, 0.717) is 10.2 Å². The van der Waals surface area contributed by atoms with Gasteiger partial charge in [0.15, 0.2) is 0 Å². The minimum atomic E-state index is -0.381. The van der Waals surface area contributed by atoms with E-state index in [0.717, 1.165) is 19.4 Å². The van der Waals surface area contributed by atoms with Crippen molar-refractivity contribution >= 4 is 27.5 Å². The average Bonchev–Trinajstić information content (AvgIpc) is 2.33. The molecule has 1 atom stereocenters. The predicted molar refractivity (Wildman–Crippen MR) is 77.5 cm³/mol. The van der Waals surface area contributed by atoms with Gasteiger partial charge in [0.2, 0.25) is 5.91 Å². The summed E-state index contributed by atoms with van der Waals surface area (Å²) in [6.45, 7) is 4.99. The lowest BCUT2D eigenvalue weighted by Crippen LogP contribution is -2.53. The molecule has 1 fully saturated rings. The molecule has 1 aliphatic rings. The summed E-state index contributed by atoms with van der Waals surface area (Å²) in [5.41, 5.74) is 0.393. The minimum absolute atomic E-state index is 0.0871. The second-order valence-corrected chi connectivity index (χ2v) is 6.45. The van der Waals surface area contributed by atoms with Crippen molar-refractivity contribution in [3.8, 4) is 0 Å². The second kappa shape index (κ2) is 5.59. The molecule has 1 aromatic rings. The van der Waals surface area contributed by atoms with E-state index in [1.54, 1.807) is 12.1 Å². The lowest BCUT2D eigenvalue weighted by atomic mass is 9.77. The molecule has 0 radical (unpaired) electrons. The van der Waals surface area contributed by atoms with Gasteiger partial charge >= 0.3 is 0 Å². The van der Waals surface area contributed by atoms with Gasteiger partial charge in [0, 0.05) is 5.69 Å². The zero-order chi connectivity index (χ0) is 14.0. The zero-order valence-electron chi connectivity index (χ0n) is 11.1. The summed E-state index contributed by atoms with van der Waals surface area (Å²) in [7, 11) is 0. The van der Waals surface area contributed by atoms with Crippen LogP contribution in [0.15, 0.2) is 22.7 Å². The first-order chi connectivity index (χ1) is 8.90. The fourth-order valence-electron chi connectivity index (χ4n) is 2.45. The summed E-state index contributed by atoms with van der Waals surface area (Å²) in [6, 6.07) is 4.34. The van der Waals surface area contributed by atoms with Crippen LogP contribution in [0.25, 0.3) is 0 Å². The van der Waals surface area contributed by atoms with Crippen LogP contribution in [0.2, 0.25) is 0 Å². The maximum atomic E-state index is 13.4. The molecule has 1 aromatic carbocycles. The Labute approximate surface area is 121 Å². The van der Waals surface area contributed by atoms with Gasteiger partial charge in [0.05, 0.1) is 10.5 Å². The molecular weight excluding hydrogens is 311 g/mol. The lowest BCUT2D eigenvalue weighted by Gasteiger charge is -2.38. The van der Waals surface area contributed by atoms with Crippen molar-refractivity contribution in [1.29, 1.82) is 0 Å². The van der Waals surface area contributed by atoms with Crippen molar-refractivity contribution in [2.24, 2.45) is 5.41 Å². The van der Waals surface area contributed by atoms with Crippen molar-refractivity contribution in [2.75, 3.05) is 11.9 Å². The monoisotopic (exact) mass is 328 g/mol. The molecule has 2 N–H and O–H groups in total. The summed E-state index contributed by atoms with van der Waals surface area (Å²) in [4.78, 5) is 12.3. The van der Waals surface area contributed by atoms with Gasteiger partial charge < -0.3 is 10.6 Å². The van der Waals surface area contributed by atoms with Crippen molar-refractivity contribution in [3.05, 3.63) is 28.5 Å². The molecule has 104 valence electrons. The number of amides is 1. The Balaban J connectivity index is 2.09. The highest BCUT2D eigenvalue weighted by Gasteiger charge is 2.37. The molecule has 0 saturated carbocycles. The number of anilines is 1. The van der Waals surface area contributed by atoms with E-state index in [1.807, 2.05) is 0 Å². The molecule has 0 aromatic heterocycles. The first kappa shape index (κ1) is 14.5. The molecule has 0 spiro atoms. The molecule has 1 heterocycles. The molecule has 1 saturated heterocycles. The average molecular weight is 329 g/mol. The Morgan fingerprint density at radius 3 is 2.89 bits per heavy atom. The maximum Gasteiger partial charge on any atom is 0.242 e. The third kappa shape index (κ3) is 3.34. The smallest absolute Gasteiger partial charge is 0.242 e. The predicted octanol–water partition coefficient (Wildman–Crippen LogP) is 3.30. The standard InChI is InChI=1S/C14H18BrFN2O/c1-14(2)6-3-7-17-12(14)13(19)18-9-4-5-10(15)11(16)8-9/h4-5,8,12,17H,3,6-7H2,1-2H3,(H,18,19). The first-order valence-corrected chi connectivity index (χ1v) is 7.19. The Bertz CT molecular complexity index is 490. The van der Waals surface area contributed by atoms with Gasteiger partial charge in [0.1, 0.15) is 5.82 Å². The van der Waals surface area contributed by atoms with Crippen LogP contribution in [0, 0.1) is 11.2 Å². The molecule has 1 amide bonds. The molecule has 3 nitrogen and oxygen atoms in total. The topological polar surface area (TPSA) is 41.1 Å². The van der Waals surface area contributed by atoms with Crippen molar-refractivity contribution in [1.82, 2.24) is 5.32 Å². The van der Waals surface area contributed by atoms with Gasteiger partial charge in [-0.25, -0.2) is 4.39 Å². The Morgan fingerprint density at radius 1 is 1.53 bits per heavy atom. The van der Waals surface area contributed by atoms with Gasteiger partial charge in [-0.3, -0.25) is 4.79 Å². The molecule has 2 rings (SSSR count). The molecule has 0 aliphatic carbocycles. The molecule has 1 unspecified atom stereocenters. The number of piperidine rings is 1. The highest BCUT2D eigenvalue weighted by atomic mass is 79.9. The van der Waals surface area contributed by atoms with E-state index >= 15 is 0 Å². The fraction of sp³-hybridized carbons (Fsp3) is 0.500. The SMILES string of the molecule is CC1(C)CCCNC1C(=O)Nc1ccc(Br)c(F)c1. The van der Waals surface area contributed by atoms with Crippen LogP contribution in [0.5, 0.6) is 0 Å². The van der Waals surface area contributed by atoms with Crippen molar-refractivity contribution < 1.29 is 9.18 Å². The van der Waals surface area contributed by atoms with E-state index in [1.165, 1.54) is 6.07 Å². The second-order valence-electron chi connectivity index (χ2n) is 5.60. The molecular formula is C14H18BrFN2O. The van der Waals surface area contributed by atoms with Crippen LogP contribution in [-0.4, -0.2) is 18.5 Å². The van der Waals surface area contributed by atoms with Crippen LogP contribution < -0.4 is 10.6 Å². The highest BCUT2D eigenvalue weighted by Crippen LogP contribution is 2.31. The van der Waals surface area contributed by atoms with E-state index < -0.39 is 0 Å². The fourth-order valence-corrected chi connectivity index (χ4v) is 2.69. The lowest BCUT2D eigenvalue weighted by molar-refractivity contribution is -0.121. The number of halogens is 2. The number of hydrogen-bond donors (Lipinski definition) is 2. The van der Waals surface area contributed by atoms with Crippen LogP contribution in [0.4, 0.5) is 10.1 Å².